The highest BCUT2D eigenvalue weighted by Gasteiger charge is 2.13. The van der Waals surface area contributed by atoms with Gasteiger partial charge in [0.25, 0.3) is 0 Å². The summed E-state index contributed by atoms with van der Waals surface area (Å²) in [6, 6.07) is 0. The Kier molecular flexibility index (Phi) is 4.98. The van der Waals surface area contributed by atoms with Gasteiger partial charge in [-0.25, -0.2) is 9.59 Å². The van der Waals surface area contributed by atoms with Crippen LogP contribution >= 0.6 is 0 Å². The van der Waals surface area contributed by atoms with Crippen LogP contribution in [0.5, 0.6) is 0 Å². The number of hydrogen-bond donors (Lipinski definition) is 1. The quantitative estimate of drug-likeness (QED) is 0.487. The first-order valence-corrected chi connectivity index (χ1v) is 3.61. The minimum atomic E-state index is -1.19. The summed E-state index contributed by atoms with van der Waals surface area (Å²) >= 11 is 0. The summed E-state index contributed by atoms with van der Waals surface area (Å²) in [5, 5.41) is 8.30. The summed E-state index contributed by atoms with van der Waals surface area (Å²) in [5.74, 6) is -2.83. The first-order chi connectivity index (χ1) is 6.47. The Morgan fingerprint density at radius 1 is 1.36 bits per heavy atom. The molecular formula is C8H10O6. The molecule has 14 heavy (non-hydrogen) atoms. The first-order valence-electron chi connectivity index (χ1n) is 3.61. The van der Waals surface area contributed by atoms with E-state index >= 15 is 0 Å². The lowest BCUT2D eigenvalue weighted by Gasteiger charge is -2.03. The second-order valence-electron chi connectivity index (χ2n) is 2.33. The van der Waals surface area contributed by atoms with E-state index in [1.165, 1.54) is 0 Å². The summed E-state index contributed by atoms with van der Waals surface area (Å²) < 4.78 is 8.58. The molecule has 0 aliphatic heterocycles. The third-order valence-corrected chi connectivity index (χ3v) is 1.20. The van der Waals surface area contributed by atoms with E-state index in [2.05, 4.69) is 16.1 Å². The van der Waals surface area contributed by atoms with E-state index in [0.29, 0.717) is 0 Å². The van der Waals surface area contributed by atoms with Crippen molar-refractivity contribution >= 4 is 17.9 Å². The van der Waals surface area contributed by atoms with Crippen molar-refractivity contribution in [3.8, 4) is 0 Å². The van der Waals surface area contributed by atoms with Gasteiger partial charge >= 0.3 is 17.9 Å². The van der Waals surface area contributed by atoms with E-state index < -0.39 is 30.9 Å². The molecule has 0 spiro atoms. The Morgan fingerprint density at radius 3 is 2.36 bits per heavy atom. The molecule has 0 aromatic rings. The monoisotopic (exact) mass is 202 g/mol. The predicted molar refractivity (Wildman–Crippen MR) is 44.4 cm³/mol. The topological polar surface area (TPSA) is 89.9 Å². The van der Waals surface area contributed by atoms with Gasteiger partial charge in [0.2, 0.25) is 0 Å². The van der Waals surface area contributed by atoms with Crippen molar-refractivity contribution in [1.82, 2.24) is 0 Å². The molecule has 0 fully saturated rings. The molecule has 0 aromatic carbocycles. The van der Waals surface area contributed by atoms with Gasteiger partial charge in [-0.05, 0) is 0 Å². The molecule has 6 heteroatoms. The van der Waals surface area contributed by atoms with Gasteiger partial charge in [-0.3, -0.25) is 4.79 Å². The fourth-order valence-corrected chi connectivity index (χ4v) is 0.540. The van der Waals surface area contributed by atoms with Crippen molar-refractivity contribution in [2.45, 2.75) is 6.42 Å². The SMILES string of the molecule is C=C(CC(=O)O)C(=O)OCC(=O)OC. The van der Waals surface area contributed by atoms with Crippen LogP contribution in [0, 0.1) is 0 Å². The molecule has 0 unspecified atom stereocenters. The van der Waals surface area contributed by atoms with Crippen LogP contribution in [0.1, 0.15) is 6.42 Å². The number of esters is 2. The Hall–Kier alpha value is -1.85. The normalized spacial score (nSPS) is 8.93. The fraction of sp³-hybridized carbons (Fsp3) is 0.375. The highest BCUT2D eigenvalue weighted by molar-refractivity contribution is 5.93. The Labute approximate surface area is 80.1 Å². The van der Waals surface area contributed by atoms with Gasteiger partial charge < -0.3 is 14.6 Å². The van der Waals surface area contributed by atoms with Crippen LogP contribution in [0.2, 0.25) is 0 Å². The number of carboxylic acids is 1. The first kappa shape index (κ1) is 12.2. The van der Waals surface area contributed by atoms with E-state index in [1.807, 2.05) is 0 Å². The van der Waals surface area contributed by atoms with E-state index in [0.717, 1.165) is 7.11 Å². The van der Waals surface area contributed by atoms with Gasteiger partial charge in [-0.1, -0.05) is 6.58 Å². The smallest absolute Gasteiger partial charge is 0.344 e. The summed E-state index contributed by atoms with van der Waals surface area (Å²) in [5.41, 5.74) is -0.221. The number of carboxylic acid groups (broad SMARTS) is 1. The number of carbonyl (C=O) groups is 3. The Bertz CT molecular complexity index is 267. The molecule has 0 heterocycles. The molecule has 6 nitrogen and oxygen atoms in total. The second kappa shape index (κ2) is 5.74. The van der Waals surface area contributed by atoms with Gasteiger partial charge in [0, 0.05) is 5.57 Å². The molecule has 0 aliphatic carbocycles. The average molecular weight is 202 g/mol. The largest absolute Gasteiger partial charge is 0.481 e. The van der Waals surface area contributed by atoms with Crippen LogP contribution in [0.4, 0.5) is 0 Å². The molecule has 78 valence electrons. The third kappa shape index (κ3) is 4.91. The zero-order valence-corrected chi connectivity index (χ0v) is 7.61. The van der Waals surface area contributed by atoms with Crippen molar-refractivity contribution in [3.63, 3.8) is 0 Å². The van der Waals surface area contributed by atoms with E-state index in [-0.39, 0.29) is 5.57 Å². The summed E-state index contributed by atoms with van der Waals surface area (Å²) in [6.07, 6.45) is -0.514. The minimum absolute atomic E-state index is 0.221. The molecule has 0 aromatic heterocycles. The van der Waals surface area contributed by atoms with Gasteiger partial charge in [-0.2, -0.15) is 0 Å². The zero-order chi connectivity index (χ0) is 11.1. The fourth-order valence-electron chi connectivity index (χ4n) is 0.540. The molecule has 1 N–H and O–H groups in total. The predicted octanol–water partition coefficient (Wildman–Crippen LogP) is -0.267. The molecule has 0 saturated heterocycles. The third-order valence-electron chi connectivity index (χ3n) is 1.20. The van der Waals surface area contributed by atoms with Crippen molar-refractivity contribution < 1.29 is 29.0 Å². The summed E-state index contributed by atoms with van der Waals surface area (Å²) in [7, 11) is 1.14. The zero-order valence-electron chi connectivity index (χ0n) is 7.61. The maximum atomic E-state index is 10.9. The molecule has 0 saturated carbocycles. The van der Waals surface area contributed by atoms with Crippen LogP contribution in [-0.4, -0.2) is 36.7 Å². The Balaban J connectivity index is 3.91. The van der Waals surface area contributed by atoms with Crippen molar-refractivity contribution in [3.05, 3.63) is 12.2 Å². The molecule has 0 rings (SSSR count). The Morgan fingerprint density at radius 2 is 1.93 bits per heavy atom. The minimum Gasteiger partial charge on any atom is -0.481 e. The van der Waals surface area contributed by atoms with Crippen LogP contribution in [0.15, 0.2) is 12.2 Å². The number of ether oxygens (including phenoxy) is 2. The highest BCUT2D eigenvalue weighted by Crippen LogP contribution is 2.00. The maximum absolute atomic E-state index is 10.9. The summed E-state index contributed by atoms with van der Waals surface area (Å²) in [6.45, 7) is 2.64. The van der Waals surface area contributed by atoms with Gasteiger partial charge in [0.1, 0.15) is 0 Å². The lowest BCUT2D eigenvalue weighted by molar-refractivity contribution is -0.155. The molecule has 0 atom stereocenters. The lowest BCUT2D eigenvalue weighted by Crippen LogP contribution is -2.17. The van der Waals surface area contributed by atoms with Gasteiger partial charge in [-0.15, -0.1) is 0 Å². The maximum Gasteiger partial charge on any atom is 0.344 e. The number of carbonyl (C=O) groups excluding carboxylic acids is 2. The average Bonchev–Trinajstić information content (AvgIpc) is 2.12. The number of rotatable bonds is 5. The van der Waals surface area contributed by atoms with E-state index in [9.17, 15) is 14.4 Å². The molecule has 0 amide bonds. The molecule has 0 radical (unpaired) electrons. The number of methoxy groups -OCH3 is 1. The molecule has 0 aliphatic rings. The number of hydrogen-bond acceptors (Lipinski definition) is 5. The molecular weight excluding hydrogens is 192 g/mol. The summed E-state index contributed by atoms with van der Waals surface area (Å²) in [4.78, 5) is 31.6. The van der Waals surface area contributed by atoms with Crippen LogP contribution in [0.3, 0.4) is 0 Å². The van der Waals surface area contributed by atoms with E-state index in [4.69, 9.17) is 5.11 Å². The number of aliphatic carboxylic acids is 1. The second-order valence-corrected chi connectivity index (χ2v) is 2.33. The molecule has 0 bridgehead atoms. The van der Waals surface area contributed by atoms with Gasteiger partial charge in [0.05, 0.1) is 13.5 Å². The van der Waals surface area contributed by atoms with Crippen molar-refractivity contribution in [2.75, 3.05) is 13.7 Å². The highest BCUT2D eigenvalue weighted by atomic mass is 16.6. The standard InChI is InChI=1S/C8H10O6/c1-5(3-6(9)10)8(12)14-4-7(11)13-2/h1,3-4H2,2H3,(H,9,10). The van der Waals surface area contributed by atoms with Crippen molar-refractivity contribution in [2.24, 2.45) is 0 Å². The lowest BCUT2D eigenvalue weighted by atomic mass is 10.2. The van der Waals surface area contributed by atoms with Crippen LogP contribution in [0.25, 0.3) is 0 Å². The van der Waals surface area contributed by atoms with E-state index in [1.54, 1.807) is 0 Å². The van der Waals surface area contributed by atoms with Crippen LogP contribution in [-0.2, 0) is 23.9 Å². The van der Waals surface area contributed by atoms with Gasteiger partial charge in [0.15, 0.2) is 6.61 Å². The van der Waals surface area contributed by atoms with Crippen LogP contribution < -0.4 is 0 Å². The van der Waals surface area contributed by atoms with Crippen molar-refractivity contribution in [1.29, 1.82) is 0 Å².